The number of benzene rings is 1. The molecule has 1 amide bonds. The number of aryl methyl sites for hydroxylation is 1. The van der Waals surface area contributed by atoms with Crippen molar-refractivity contribution in [3.8, 4) is 0 Å². The predicted molar refractivity (Wildman–Crippen MR) is 76.7 cm³/mol. The van der Waals surface area contributed by atoms with Crippen LogP contribution in [0.1, 0.15) is 11.4 Å². The summed E-state index contributed by atoms with van der Waals surface area (Å²) >= 11 is 0. The Labute approximate surface area is 116 Å². The topological polar surface area (TPSA) is 84.1 Å². The highest BCUT2D eigenvalue weighted by Crippen LogP contribution is 2.33. The molecule has 3 N–H and O–H groups in total. The van der Waals surface area contributed by atoms with Crippen LogP contribution < -0.4 is 16.0 Å². The maximum absolute atomic E-state index is 11.8. The van der Waals surface area contributed by atoms with E-state index in [9.17, 15) is 4.79 Å². The number of amides is 1. The molecule has 6 nitrogen and oxygen atoms in total. The summed E-state index contributed by atoms with van der Waals surface area (Å²) < 4.78 is 0. The number of nitrogens with two attached hydrogens (primary N) is 1. The average Bonchev–Trinajstić information content (AvgIpc) is 2.45. The van der Waals surface area contributed by atoms with Crippen molar-refractivity contribution < 1.29 is 4.79 Å². The van der Waals surface area contributed by atoms with Crippen LogP contribution >= 0.6 is 0 Å². The Morgan fingerprint density at radius 3 is 2.95 bits per heavy atom. The number of hydrogen-bond acceptors (Lipinski definition) is 5. The molecule has 0 radical (unpaired) electrons. The number of anilines is 3. The average molecular weight is 269 g/mol. The van der Waals surface area contributed by atoms with Crippen LogP contribution in [0.15, 0.2) is 30.3 Å². The number of carbonyl (C=O) groups is 1. The fraction of sp³-hybridized carbons (Fsp3) is 0.214. The van der Waals surface area contributed by atoms with Crippen molar-refractivity contribution in [3.63, 3.8) is 0 Å². The number of nitrogens with one attached hydrogen (secondary N) is 1. The largest absolute Gasteiger partial charge is 0.325 e. The van der Waals surface area contributed by atoms with Gasteiger partial charge in [-0.25, -0.2) is 9.97 Å². The molecule has 0 aliphatic carbocycles. The molecule has 1 aromatic carbocycles. The lowest BCUT2D eigenvalue weighted by Crippen LogP contribution is -2.36. The van der Waals surface area contributed by atoms with Gasteiger partial charge >= 0.3 is 0 Å². The van der Waals surface area contributed by atoms with E-state index in [1.54, 1.807) is 4.90 Å². The van der Waals surface area contributed by atoms with E-state index in [-0.39, 0.29) is 12.5 Å². The normalized spacial score (nSPS) is 13.9. The molecule has 1 aliphatic rings. The van der Waals surface area contributed by atoms with Crippen LogP contribution in [0.4, 0.5) is 17.3 Å². The number of aromatic nitrogens is 2. The molecule has 20 heavy (non-hydrogen) atoms. The molecule has 3 rings (SSSR count). The van der Waals surface area contributed by atoms with Gasteiger partial charge in [-0.3, -0.25) is 9.69 Å². The van der Waals surface area contributed by atoms with E-state index < -0.39 is 0 Å². The monoisotopic (exact) mass is 269 g/mol. The smallest absolute Gasteiger partial charge is 0.244 e. The van der Waals surface area contributed by atoms with Gasteiger partial charge in [0.05, 0.1) is 17.1 Å². The minimum atomic E-state index is -0.0805. The third kappa shape index (κ3) is 2.21. The summed E-state index contributed by atoms with van der Waals surface area (Å²) in [4.78, 5) is 22.5. The number of fused-ring (bicyclic) bond motifs is 1. The summed E-state index contributed by atoms with van der Waals surface area (Å²) in [6, 6.07) is 9.44. The van der Waals surface area contributed by atoms with Crippen molar-refractivity contribution >= 4 is 23.2 Å². The zero-order chi connectivity index (χ0) is 14.1. The van der Waals surface area contributed by atoms with Crippen LogP contribution in [-0.4, -0.2) is 22.4 Å². The Hall–Kier alpha value is -2.47. The van der Waals surface area contributed by atoms with Gasteiger partial charge in [-0.15, -0.1) is 0 Å². The van der Waals surface area contributed by atoms with Crippen LogP contribution in [0.5, 0.6) is 0 Å². The summed E-state index contributed by atoms with van der Waals surface area (Å²) in [5, 5.41) is 2.84. The Kier molecular flexibility index (Phi) is 3.08. The summed E-state index contributed by atoms with van der Waals surface area (Å²) in [5.41, 5.74) is 8.90. The van der Waals surface area contributed by atoms with Crippen molar-refractivity contribution in [1.82, 2.24) is 9.97 Å². The summed E-state index contributed by atoms with van der Waals surface area (Å²) in [7, 11) is 0. The number of carbonyl (C=O) groups excluding carboxylic acids is 1. The van der Waals surface area contributed by atoms with Gasteiger partial charge in [0.25, 0.3) is 0 Å². The zero-order valence-electron chi connectivity index (χ0n) is 11.1. The molecule has 0 bridgehead atoms. The quantitative estimate of drug-likeness (QED) is 0.859. The van der Waals surface area contributed by atoms with Gasteiger partial charge in [0, 0.05) is 12.2 Å². The highest BCUT2D eigenvalue weighted by Gasteiger charge is 2.24. The Bertz CT molecular complexity index is 670. The molecule has 0 atom stereocenters. The summed E-state index contributed by atoms with van der Waals surface area (Å²) in [6.45, 7) is 2.43. The van der Waals surface area contributed by atoms with E-state index in [0.717, 1.165) is 22.8 Å². The van der Waals surface area contributed by atoms with Crippen LogP contribution in [0.2, 0.25) is 0 Å². The highest BCUT2D eigenvalue weighted by atomic mass is 16.2. The van der Waals surface area contributed by atoms with E-state index in [1.807, 2.05) is 37.3 Å². The van der Waals surface area contributed by atoms with Gasteiger partial charge in [0.1, 0.15) is 6.54 Å². The molecule has 102 valence electrons. The molecule has 1 aromatic heterocycles. The first-order valence-corrected chi connectivity index (χ1v) is 6.38. The molecule has 0 spiro atoms. The van der Waals surface area contributed by atoms with Crippen molar-refractivity contribution in [3.05, 3.63) is 41.7 Å². The van der Waals surface area contributed by atoms with E-state index in [4.69, 9.17) is 5.73 Å². The highest BCUT2D eigenvalue weighted by molar-refractivity contribution is 6.02. The van der Waals surface area contributed by atoms with Crippen LogP contribution in [0.25, 0.3) is 0 Å². The van der Waals surface area contributed by atoms with Crippen LogP contribution in [-0.2, 0) is 11.3 Å². The van der Waals surface area contributed by atoms with Gasteiger partial charge in [-0.05, 0) is 25.1 Å². The molecule has 2 heterocycles. The fourth-order valence-electron chi connectivity index (χ4n) is 2.25. The van der Waals surface area contributed by atoms with Gasteiger partial charge in [-0.1, -0.05) is 12.1 Å². The van der Waals surface area contributed by atoms with Crippen molar-refractivity contribution in [1.29, 1.82) is 0 Å². The van der Waals surface area contributed by atoms with Crippen LogP contribution in [0, 0.1) is 6.92 Å². The molecule has 1 aliphatic heterocycles. The lowest BCUT2D eigenvalue weighted by Gasteiger charge is -2.29. The van der Waals surface area contributed by atoms with E-state index in [0.29, 0.717) is 12.5 Å². The van der Waals surface area contributed by atoms with Gasteiger partial charge < -0.3 is 11.1 Å². The first kappa shape index (κ1) is 12.6. The first-order valence-electron chi connectivity index (χ1n) is 6.38. The molecule has 6 heteroatoms. The predicted octanol–water partition coefficient (Wildman–Crippen LogP) is 1.33. The Morgan fingerprint density at radius 1 is 1.35 bits per heavy atom. The lowest BCUT2D eigenvalue weighted by molar-refractivity contribution is -0.115. The Morgan fingerprint density at radius 2 is 2.15 bits per heavy atom. The van der Waals surface area contributed by atoms with Crippen molar-refractivity contribution in [2.24, 2.45) is 5.73 Å². The second-order valence-electron chi connectivity index (χ2n) is 4.66. The van der Waals surface area contributed by atoms with E-state index >= 15 is 0 Å². The van der Waals surface area contributed by atoms with Gasteiger partial charge in [0.15, 0.2) is 0 Å². The van der Waals surface area contributed by atoms with Gasteiger partial charge in [-0.2, -0.15) is 0 Å². The third-order valence-electron chi connectivity index (χ3n) is 3.12. The standard InChI is InChI=1S/C14H15N5O/c1-9-6-10(7-15)17-14(16-9)19-8-13(20)18-11-4-2-3-5-12(11)19/h2-6H,7-8,15H2,1H3,(H,18,20). The molecule has 0 saturated heterocycles. The number of hydrogen-bond donors (Lipinski definition) is 2. The minimum absolute atomic E-state index is 0.0805. The molecule has 0 saturated carbocycles. The van der Waals surface area contributed by atoms with Gasteiger partial charge in [0.2, 0.25) is 11.9 Å². The lowest BCUT2D eigenvalue weighted by atomic mass is 10.2. The second-order valence-corrected chi connectivity index (χ2v) is 4.66. The number of nitrogens with zero attached hydrogens (tertiary/aromatic N) is 3. The molecular formula is C14H15N5O. The SMILES string of the molecule is Cc1cc(CN)nc(N2CC(=O)Nc3ccccc32)n1. The fourth-order valence-corrected chi connectivity index (χ4v) is 2.25. The molecular weight excluding hydrogens is 254 g/mol. The second kappa shape index (κ2) is 4.90. The number of rotatable bonds is 2. The molecule has 0 fully saturated rings. The van der Waals surface area contributed by atoms with Crippen molar-refractivity contribution in [2.75, 3.05) is 16.8 Å². The third-order valence-corrected chi connectivity index (χ3v) is 3.12. The number of para-hydroxylation sites is 2. The van der Waals surface area contributed by atoms with E-state index in [1.165, 1.54) is 0 Å². The summed E-state index contributed by atoms with van der Waals surface area (Å²) in [5.74, 6) is 0.427. The van der Waals surface area contributed by atoms with Crippen molar-refractivity contribution in [2.45, 2.75) is 13.5 Å². The maximum Gasteiger partial charge on any atom is 0.244 e. The minimum Gasteiger partial charge on any atom is -0.325 e. The maximum atomic E-state index is 11.8. The van der Waals surface area contributed by atoms with Crippen LogP contribution in [0.3, 0.4) is 0 Å². The van der Waals surface area contributed by atoms with E-state index in [2.05, 4.69) is 15.3 Å². The summed E-state index contributed by atoms with van der Waals surface area (Å²) in [6.07, 6.45) is 0. The Balaban J connectivity index is 2.10. The first-order chi connectivity index (χ1) is 9.67. The molecule has 0 unspecified atom stereocenters. The molecule has 2 aromatic rings. The zero-order valence-corrected chi connectivity index (χ0v) is 11.1.